The molecule has 0 aliphatic carbocycles. The Morgan fingerprint density at radius 2 is 2.00 bits per heavy atom. The molecule has 4 heteroatoms. The number of hydrogen-bond acceptors (Lipinski definition) is 3. The monoisotopic (exact) mass is 305 g/mol. The Bertz CT molecular complexity index is 641. The second-order valence-electron chi connectivity index (χ2n) is 4.96. The maximum atomic E-state index is 9.84. The largest absolute Gasteiger partial charge is 0.503 e. The molecule has 2 aromatic carbocycles. The Kier molecular flexibility index (Phi) is 4.97. The van der Waals surface area contributed by atoms with Gasteiger partial charge in [-0.25, -0.2) is 0 Å². The van der Waals surface area contributed by atoms with Gasteiger partial charge >= 0.3 is 0 Å². The van der Waals surface area contributed by atoms with Crippen LogP contribution in [0.15, 0.2) is 30.3 Å². The minimum absolute atomic E-state index is 0.00555. The number of rotatable bonds is 5. The average Bonchev–Trinajstić information content (AvgIpc) is 2.46. The fourth-order valence-electron chi connectivity index (χ4n) is 2.13. The van der Waals surface area contributed by atoms with Crippen molar-refractivity contribution in [2.75, 3.05) is 11.9 Å². The molecule has 0 spiro atoms. The molecule has 0 radical (unpaired) electrons. The van der Waals surface area contributed by atoms with Crippen LogP contribution in [-0.2, 0) is 6.54 Å². The fraction of sp³-hybridized carbons (Fsp3) is 0.294. The van der Waals surface area contributed by atoms with Gasteiger partial charge in [0, 0.05) is 12.2 Å². The third-order valence-corrected chi connectivity index (χ3v) is 3.76. The first-order valence-electron chi connectivity index (χ1n) is 6.97. The maximum Gasteiger partial charge on any atom is 0.176 e. The van der Waals surface area contributed by atoms with Crippen LogP contribution < -0.4 is 10.1 Å². The van der Waals surface area contributed by atoms with Crippen LogP contribution in [0.25, 0.3) is 0 Å². The smallest absolute Gasteiger partial charge is 0.176 e. The third kappa shape index (κ3) is 3.61. The van der Waals surface area contributed by atoms with Crippen molar-refractivity contribution in [1.29, 1.82) is 0 Å². The SMILES string of the molecule is CCOc1cc(CNc2cccc(C)c2C)cc(Cl)c1O. The van der Waals surface area contributed by atoms with Gasteiger partial charge < -0.3 is 15.2 Å². The lowest BCUT2D eigenvalue weighted by atomic mass is 10.1. The summed E-state index contributed by atoms with van der Waals surface area (Å²) >= 11 is 6.04. The van der Waals surface area contributed by atoms with Crippen molar-refractivity contribution >= 4 is 17.3 Å². The van der Waals surface area contributed by atoms with Crippen molar-refractivity contribution in [3.63, 3.8) is 0 Å². The summed E-state index contributed by atoms with van der Waals surface area (Å²) in [6.45, 7) is 7.15. The molecular formula is C17H20ClNO2. The Labute approximate surface area is 130 Å². The van der Waals surface area contributed by atoms with Crippen LogP contribution in [0.4, 0.5) is 5.69 Å². The van der Waals surface area contributed by atoms with Gasteiger partial charge in [0.25, 0.3) is 0 Å². The normalized spacial score (nSPS) is 10.5. The molecule has 2 rings (SSSR count). The van der Waals surface area contributed by atoms with Crippen molar-refractivity contribution in [3.8, 4) is 11.5 Å². The Morgan fingerprint density at radius 3 is 2.71 bits per heavy atom. The van der Waals surface area contributed by atoms with E-state index in [1.807, 2.05) is 25.1 Å². The van der Waals surface area contributed by atoms with E-state index in [9.17, 15) is 5.11 Å². The summed E-state index contributed by atoms with van der Waals surface area (Å²) in [4.78, 5) is 0. The van der Waals surface area contributed by atoms with Crippen LogP contribution in [0.2, 0.25) is 5.02 Å². The first-order chi connectivity index (χ1) is 10.0. The number of ether oxygens (including phenoxy) is 1. The minimum Gasteiger partial charge on any atom is -0.503 e. The number of anilines is 1. The molecule has 0 unspecified atom stereocenters. The Balaban J connectivity index is 2.18. The molecule has 0 fully saturated rings. The number of halogens is 1. The molecule has 0 aliphatic rings. The number of phenols is 1. The minimum atomic E-state index is -0.00555. The highest BCUT2D eigenvalue weighted by atomic mass is 35.5. The maximum absolute atomic E-state index is 9.84. The van der Waals surface area contributed by atoms with Crippen LogP contribution in [0.1, 0.15) is 23.6 Å². The van der Waals surface area contributed by atoms with Gasteiger partial charge in [-0.05, 0) is 55.7 Å². The second-order valence-corrected chi connectivity index (χ2v) is 5.37. The number of phenolic OH excluding ortho intramolecular Hbond substituents is 1. The van der Waals surface area contributed by atoms with Crippen molar-refractivity contribution < 1.29 is 9.84 Å². The number of aromatic hydroxyl groups is 1. The molecule has 21 heavy (non-hydrogen) atoms. The molecule has 2 N–H and O–H groups in total. The summed E-state index contributed by atoms with van der Waals surface area (Å²) in [7, 11) is 0. The zero-order chi connectivity index (χ0) is 15.4. The van der Waals surface area contributed by atoms with E-state index >= 15 is 0 Å². The van der Waals surface area contributed by atoms with Gasteiger partial charge in [0.1, 0.15) is 0 Å². The Hall–Kier alpha value is -1.87. The summed E-state index contributed by atoms with van der Waals surface area (Å²) in [5.41, 5.74) is 4.53. The molecule has 0 aromatic heterocycles. The lowest BCUT2D eigenvalue weighted by molar-refractivity contribution is 0.318. The number of aryl methyl sites for hydroxylation is 1. The zero-order valence-corrected chi connectivity index (χ0v) is 13.3. The predicted molar refractivity (Wildman–Crippen MR) is 87.5 cm³/mol. The number of benzene rings is 2. The Morgan fingerprint density at radius 1 is 1.24 bits per heavy atom. The molecular weight excluding hydrogens is 286 g/mol. The van der Waals surface area contributed by atoms with Gasteiger partial charge in [-0.15, -0.1) is 0 Å². The molecule has 2 aromatic rings. The van der Waals surface area contributed by atoms with Crippen LogP contribution in [0.5, 0.6) is 11.5 Å². The summed E-state index contributed by atoms with van der Waals surface area (Å²) in [5, 5.41) is 13.5. The van der Waals surface area contributed by atoms with Crippen LogP contribution in [0, 0.1) is 13.8 Å². The number of hydrogen-bond donors (Lipinski definition) is 2. The van der Waals surface area contributed by atoms with Gasteiger partial charge in [0.05, 0.1) is 11.6 Å². The van der Waals surface area contributed by atoms with Crippen molar-refractivity contribution in [3.05, 3.63) is 52.0 Å². The van der Waals surface area contributed by atoms with E-state index in [4.69, 9.17) is 16.3 Å². The van der Waals surface area contributed by atoms with Gasteiger partial charge in [-0.1, -0.05) is 23.7 Å². The summed E-state index contributed by atoms with van der Waals surface area (Å²) < 4.78 is 5.39. The van der Waals surface area contributed by atoms with Gasteiger partial charge in [-0.2, -0.15) is 0 Å². The molecule has 0 bridgehead atoms. The van der Waals surface area contributed by atoms with E-state index in [2.05, 4.69) is 25.2 Å². The highest BCUT2D eigenvalue weighted by molar-refractivity contribution is 6.32. The molecule has 112 valence electrons. The predicted octanol–water partition coefficient (Wildman–Crippen LogP) is 4.67. The van der Waals surface area contributed by atoms with E-state index in [0.29, 0.717) is 23.9 Å². The molecule has 3 nitrogen and oxygen atoms in total. The molecule has 0 atom stereocenters. The topological polar surface area (TPSA) is 41.5 Å². The quantitative estimate of drug-likeness (QED) is 0.843. The van der Waals surface area contributed by atoms with E-state index < -0.39 is 0 Å². The van der Waals surface area contributed by atoms with E-state index in [-0.39, 0.29) is 5.75 Å². The van der Waals surface area contributed by atoms with Crippen molar-refractivity contribution in [1.82, 2.24) is 0 Å². The summed E-state index contributed by atoms with van der Waals surface area (Å²) in [5.74, 6) is 0.414. The van der Waals surface area contributed by atoms with E-state index in [1.54, 1.807) is 6.07 Å². The van der Waals surface area contributed by atoms with Gasteiger partial charge in [0.15, 0.2) is 11.5 Å². The first-order valence-corrected chi connectivity index (χ1v) is 7.35. The molecule has 0 saturated carbocycles. The van der Waals surface area contributed by atoms with E-state index in [1.165, 1.54) is 11.1 Å². The number of nitrogens with one attached hydrogen (secondary N) is 1. The van der Waals surface area contributed by atoms with Gasteiger partial charge in [0.2, 0.25) is 0 Å². The zero-order valence-electron chi connectivity index (χ0n) is 12.5. The van der Waals surface area contributed by atoms with Crippen molar-refractivity contribution in [2.45, 2.75) is 27.3 Å². The highest BCUT2D eigenvalue weighted by Crippen LogP contribution is 2.35. The molecule has 0 saturated heterocycles. The third-order valence-electron chi connectivity index (χ3n) is 3.48. The second kappa shape index (κ2) is 6.72. The lowest BCUT2D eigenvalue weighted by Gasteiger charge is -2.13. The first kappa shape index (κ1) is 15.5. The highest BCUT2D eigenvalue weighted by Gasteiger charge is 2.10. The standard InChI is InChI=1S/C17H20ClNO2/c1-4-21-16-9-13(8-14(18)17(16)20)10-19-15-7-5-6-11(2)12(15)3/h5-9,19-20H,4,10H2,1-3H3. The molecule has 0 heterocycles. The summed E-state index contributed by atoms with van der Waals surface area (Å²) in [6, 6.07) is 9.72. The lowest BCUT2D eigenvalue weighted by Crippen LogP contribution is -2.03. The van der Waals surface area contributed by atoms with E-state index in [0.717, 1.165) is 11.3 Å². The molecule has 0 amide bonds. The fourth-order valence-corrected chi connectivity index (χ4v) is 2.37. The average molecular weight is 306 g/mol. The van der Waals surface area contributed by atoms with Crippen LogP contribution in [-0.4, -0.2) is 11.7 Å². The molecule has 0 aliphatic heterocycles. The van der Waals surface area contributed by atoms with Crippen LogP contribution in [0.3, 0.4) is 0 Å². The van der Waals surface area contributed by atoms with Crippen molar-refractivity contribution in [2.24, 2.45) is 0 Å². The van der Waals surface area contributed by atoms with Crippen LogP contribution >= 0.6 is 11.6 Å². The summed E-state index contributed by atoms with van der Waals surface area (Å²) in [6.07, 6.45) is 0. The van der Waals surface area contributed by atoms with Gasteiger partial charge in [-0.3, -0.25) is 0 Å².